The van der Waals surface area contributed by atoms with E-state index in [9.17, 15) is 4.39 Å². The Hall–Kier alpha value is -1.09. The summed E-state index contributed by atoms with van der Waals surface area (Å²) >= 11 is 0. The molecule has 0 fully saturated rings. The molecule has 0 amide bonds. The number of hydrogen-bond acceptors (Lipinski definition) is 2. The molecule has 0 radical (unpaired) electrons. The summed E-state index contributed by atoms with van der Waals surface area (Å²) in [6.45, 7) is 5.95. The summed E-state index contributed by atoms with van der Waals surface area (Å²) in [5.41, 5.74) is 0.655. The van der Waals surface area contributed by atoms with Crippen LogP contribution in [0.25, 0.3) is 0 Å². The van der Waals surface area contributed by atoms with E-state index in [1.165, 1.54) is 6.07 Å². The summed E-state index contributed by atoms with van der Waals surface area (Å²) < 4.78 is 13.5. The first-order valence-corrected chi connectivity index (χ1v) is 5.35. The van der Waals surface area contributed by atoms with E-state index in [1.54, 1.807) is 12.1 Å². The zero-order valence-corrected chi connectivity index (χ0v) is 9.63. The lowest BCUT2D eigenvalue weighted by Crippen LogP contribution is -2.38. The van der Waals surface area contributed by atoms with E-state index in [1.807, 2.05) is 18.0 Å². The summed E-state index contributed by atoms with van der Waals surface area (Å²) in [5, 5.41) is 3.25. The van der Waals surface area contributed by atoms with Crippen LogP contribution in [0.2, 0.25) is 0 Å². The van der Waals surface area contributed by atoms with Crippen molar-refractivity contribution in [3.8, 4) is 0 Å². The number of hydrogen-bond donors (Lipinski definition) is 1. The lowest BCUT2D eigenvalue weighted by Gasteiger charge is -2.27. The van der Waals surface area contributed by atoms with Gasteiger partial charge in [0.15, 0.2) is 0 Å². The van der Waals surface area contributed by atoms with Gasteiger partial charge in [0, 0.05) is 19.6 Å². The van der Waals surface area contributed by atoms with Crippen molar-refractivity contribution in [2.45, 2.75) is 19.9 Å². The molecule has 15 heavy (non-hydrogen) atoms. The van der Waals surface area contributed by atoms with Gasteiger partial charge in [-0.15, -0.1) is 0 Å². The summed E-state index contributed by atoms with van der Waals surface area (Å²) in [6.07, 6.45) is 0. The molecule has 0 aromatic heterocycles. The minimum Gasteiger partial charge on any atom is -0.368 e. The highest BCUT2D eigenvalue weighted by atomic mass is 19.1. The molecule has 0 heterocycles. The second-order valence-electron chi connectivity index (χ2n) is 3.72. The maximum Gasteiger partial charge on any atom is 0.146 e. The van der Waals surface area contributed by atoms with E-state index >= 15 is 0 Å². The van der Waals surface area contributed by atoms with Gasteiger partial charge in [0.1, 0.15) is 5.82 Å². The molecule has 1 unspecified atom stereocenters. The van der Waals surface area contributed by atoms with Crippen LogP contribution in [0.1, 0.15) is 13.8 Å². The zero-order chi connectivity index (χ0) is 11.3. The van der Waals surface area contributed by atoms with Crippen LogP contribution in [0.3, 0.4) is 0 Å². The molecular formula is C12H19FN2. The Kier molecular flexibility index (Phi) is 4.56. The van der Waals surface area contributed by atoms with E-state index in [2.05, 4.69) is 19.2 Å². The average Bonchev–Trinajstić information content (AvgIpc) is 2.25. The molecule has 84 valence electrons. The van der Waals surface area contributed by atoms with Crippen LogP contribution in [0, 0.1) is 5.82 Å². The first-order valence-electron chi connectivity index (χ1n) is 5.35. The Labute approximate surface area is 91.1 Å². The number of likely N-dealkylation sites (N-methyl/N-ethyl adjacent to an activating group) is 2. The smallest absolute Gasteiger partial charge is 0.146 e. The second-order valence-corrected chi connectivity index (χ2v) is 3.72. The lowest BCUT2D eigenvalue weighted by atomic mass is 10.2. The van der Waals surface area contributed by atoms with Crippen molar-refractivity contribution in [2.75, 3.05) is 25.0 Å². The van der Waals surface area contributed by atoms with Crippen LogP contribution in [0.4, 0.5) is 10.1 Å². The van der Waals surface area contributed by atoms with E-state index in [-0.39, 0.29) is 11.9 Å². The predicted molar refractivity (Wildman–Crippen MR) is 62.8 cm³/mol. The van der Waals surface area contributed by atoms with Gasteiger partial charge in [-0.05, 0) is 25.6 Å². The summed E-state index contributed by atoms with van der Waals surface area (Å²) in [6, 6.07) is 7.14. The molecular weight excluding hydrogens is 191 g/mol. The number of benzene rings is 1. The van der Waals surface area contributed by atoms with Crippen molar-refractivity contribution in [3.63, 3.8) is 0 Å². The fraction of sp³-hybridized carbons (Fsp3) is 0.500. The van der Waals surface area contributed by atoms with Gasteiger partial charge in [-0.25, -0.2) is 4.39 Å². The number of nitrogens with one attached hydrogen (secondary N) is 1. The van der Waals surface area contributed by atoms with Crippen molar-refractivity contribution >= 4 is 5.69 Å². The molecule has 2 nitrogen and oxygen atoms in total. The van der Waals surface area contributed by atoms with Crippen molar-refractivity contribution in [2.24, 2.45) is 0 Å². The Morgan fingerprint density at radius 3 is 2.67 bits per heavy atom. The molecule has 1 N–H and O–H groups in total. The maximum absolute atomic E-state index is 13.5. The number of nitrogens with zero attached hydrogens (tertiary/aromatic N) is 1. The van der Waals surface area contributed by atoms with Gasteiger partial charge in [0.2, 0.25) is 0 Å². The van der Waals surface area contributed by atoms with Crippen molar-refractivity contribution < 1.29 is 4.39 Å². The molecule has 0 spiro atoms. The molecule has 0 aliphatic rings. The third-order valence-corrected chi connectivity index (χ3v) is 2.58. The van der Waals surface area contributed by atoms with Crippen molar-refractivity contribution in [1.82, 2.24) is 5.32 Å². The molecule has 0 saturated heterocycles. The van der Waals surface area contributed by atoms with Crippen LogP contribution >= 0.6 is 0 Å². The topological polar surface area (TPSA) is 15.3 Å². The molecule has 0 saturated carbocycles. The van der Waals surface area contributed by atoms with E-state index in [0.717, 1.165) is 13.1 Å². The van der Waals surface area contributed by atoms with Crippen LogP contribution in [0.5, 0.6) is 0 Å². The number of rotatable bonds is 5. The van der Waals surface area contributed by atoms with Crippen molar-refractivity contribution in [3.05, 3.63) is 30.1 Å². The fourth-order valence-corrected chi connectivity index (χ4v) is 1.47. The largest absolute Gasteiger partial charge is 0.368 e. The number of anilines is 1. The van der Waals surface area contributed by atoms with Gasteiger partial charge in [0.05, 0.1) is 5.69 Å². The zero-order valence-electron chi connectivity index (χ0n) is 9.63. The lowest BCUT2D eigenvalue weighted by molar-refractivity contribution is 0.576. The third-order valence-electron chi connectivity index (χ3n) is 2.58. The number of halogens is 1. The SMILES string of the molecule is CCNCC(C)N(C)c1ccccc1F. The van der Waals surface area contributed by atoms with E-state index < -0.39 is 0 Å². The van der Waals surface area contributed by atoms with Crippen LogP contribution in [0.15, 0.2) is 24.3 Å². The van der Waals surface area contributed by atoms with Gasteiger partial charge in [-0.3, -0.25) is 0 Å². The normalized spacial score (nSPS) is 12.5. The first kappa shape index (κ1) is 12.0. The molecule has 3 heteroatoms. The quantitative estimate of drug-likeness (QED) is 0.802. The highest BCUT2D eigenvalue weighted by Gasteiger charge is 2.12. The van der Waals surface area contributed by atoms with Crippen LogP contribution in [-0.2, 0) is 0 Å². The Morgan fingerprint density at radius 2 is 2.07 bits per heavy atom. The molecule has 0 bridgehead atoms. The Balaban J connectivity index is 2.67. The second kappa shape index (κ2) is 5.71. The minimum absolute atomic E-state index is 0.164. The number of para-hydroxylation sites is 1. The van der Waals surface area contributed by atoms with E-state index in [4.69, 9.17) is 0 Å². The summed E-state index contributed by atoms with van der Waals surface area (Å²) in [5.74, 6) is -0.164. The monoisotopic (exact) mass is 210 g/mol. The molecule has 0 aliphatic heterocycles. The molecule has 1 aromatic carbocycles. The van der Waals surface area contributed by atoms with Gasteiger partial charge in [-0.2, -0.15) is 0 Å². The molecule has 1 aromatic rings. The summed E-state index contributed by atoms with van der Waals surface area (Å²) in [4.78, 5) is 1.96. The van der Waals surface area contributed by atoms with Gasteiger partial charge in [0.25, 0.3) is 0 Å². The molecule has 0 aliphatic carbocycles. The Bertz CT molecular complexity index is 301. The van der Waals surface area contributed by atoms with Crippen LogP contribution < -0.4 is 10.2 Å². The first-order chi connectivity index (χ1) is 7.16. The highest BCUT2D eigenvalue weighted by molar-refractivity contribution is 5.47. The van der Waals surface area contributed by atoms with Gasteiger partial charge >= 0.3 is 0 Å². The molecule has 1 rings (SSSR count). The molecule has 1 atom stereocenters. The highest BCUT2D eigenvalue weighted by Crippen LogP contribution is 2.18. The minimum atomic E-state index is -0.164. The van der Waals surface area contributed by atoms with Gasteiger partial charge in [-0.1, -0.05) is 19.1 Å². The fourth-order valence-electron chi connectivity index (χ4n) is 1.47. The van der Waals surface area contributed by atoms with Gasteiger partial charge < -0.3 is 10.2 Å². The van der Waals surface area contributed by atoms with Crippen molar-refractivity contribution in [1.29, 1.82) is 0 Å². The van der Waals surface area contributed by atoms with E-state index in [0.29, 0.717) is 5.69 Å². The average molecular weight is 210 g/mol. The third kappa shape index (κ3) is 3.20. The standard InChI is InChI=1S/C12H19FN2/c1-4-14-9-10(2)15(3)12-8-6-5-7-11(12)13/h5-8,10,14H,4,9H2,1-3H3. The predicted octanol–water partition coefficient (Wildman–Crippen LogP) is 2.26. The van der Waals surface area contributed by atoms with Crippen LogP contribution in [-0.4, -0.2) is 26.2 Å². The Morgan fingerprint density at radius 1 is 1.40 bits per heavy atom. The maximum atomic E-state index is 13.5. The summed E-state index contributed by atoms with van der Waals surface area (Å²) in [7, 11) is 1.92.